The minimum atomic E-state index is -0.0855. The van der Waals surface area contributed by atoms with E-state index in [1.54, 1.807) is 4.57 Å². The van der Waals surface area contributed by atoms with E-state index in [0.717, 1.165) is 17.7 Å². The van der Waals surface area contributed by atoms with E-state index in [1.165, 1.54) is 11.3 Å². The molecule has 0 fully saturated rings. The third kappa shape index (κ3) is 3.95. The van der Waals surface area contributed by atoms with Gasteiger partial charge in [-0.2, -0.15) is 4.57 Å². The van der Waals surface area contributed by atoms with Gasteiger partial charge in [-0.05, 0) is 35.3 Å². The summed E-state index contributed by atoms with van der Waals surface area (Å²) in [5.74, 6) is -0.0855. The lowest BCUT2D eigenvalue weighted by Crippen LogP contribution is -2.39. The van der Waals surface area contributed by atoms with E-state index in [9.17, 15) is 5.11 Å². The fourth-order valence-electron chi connectivity index (χ4n) is 2.54. The molecule has 0 radical (unpaired) electrons. The molecular formula is C20H18N2OS2. The Bertz CT molecular complexity index is 887. The zero-order valence-electron chi connectivity index (χ0n) is 13.8. The molecule has 0 unspecified atom stereocenters. The van der Waals surface area contributed by atoms with Gasteiger partial charge in [0, 0.05) is 22.7 Å². The third-order valence-corrected chi connectivity index (χ3v) is 4.96. The van der Waals surface area contributed by atoms with Crippen molar-refractivity contribution in [3.05, 3.63) is 82.8 Å². The summed E-state index contributed by atoms with van der Waals surface area (Å²) in [6.45, 7) is 2.09. The first-order chi connectivity index (χ1) is 12.2. The van der Waals surface area contributed by atoms with Crippen molar-refractivity contribution in [2.24, 2.45) is 0 Å². The number of rotatable bonds is 5. The van der Waals surface area contributed by atoms with Crippen LogP contribution in [0.1, 0.15) is 17.4 Å². The Morgan fingerprint density at radius 1 is 1.08 bits per heavy atom. The second kappa shape index (κ2) is 8.05. The molecule has 5 heteroatoms. The van der Waals surface area contributed by atoms with Crippen molar-refractivity contribution in [1.82, 2.24) is 0 Å². The van der Waals surface area contributed by atoms with Crippen LogP contribution >= 0.6 is 23.6 Å². The predicted molar refractivity (Wildman–Crippen MR) is 106 cm³/mol. The summed E-state index contributed by atoms with van der Waals surface area (Å²) in [4.78, 5) is 1.08. The Kier molecular flexibility index (Phi) is 5.58. The fraction of sp³-hybridized carbons (Fsp3) is 0.100. The normalized spacial score (nSPS) is 11.7. The van der Waals surface area contributed by atoms with Gasteiger partial charge in [0.2, 0.25) is 5.70 Å². The summed E-state index contributed by atoms with van der Waals surface area (Å²) in [5, 5.41) is 18.2. The molecule has 0 aliphatic rings. The van der Waals surface area contributed by atoms with Crippen LogP contribution in [-0.2, 0) is 6.42 Å². The monoisotopic (exact) mass is 366 g/mol. The van der Waals surface area contributed by atoms with Crippen LogP contribution < -0.4 is 15.0 Å². The largest absolute Gasteiger partial charge is 0.867 e. The van der Waals surface area contributed by atoms with Crippen molar-refractivity contribution in [1.29, 1.82) is 0 Å². The Hall–Kier alpha value is -2.50. The van der Waals surface area contributed by atoms with Crippen LogP contribution in [0, 0.1) is 0 Å². The smallest absolute Gasteiger partial charge is 0.239 e. The molecule has 3 nitrogen and oxygen atoms in total. The first-order valence-corrected chi connectivity index (χ1v) is 9.30. The van der Waals surface area contributed by atoms with E-state index < -0.39 is 0 Å². The van der Waals surface area contributed by atoms with Gasteiger partial charge in [0.05, 0.1) is 0 Å². The number of hydrogen-bond acceptors (Lipinski definition) is 3. The summed E-state index contributed by atoms with van der Waals surface area (Å²) in [6.07, 6.45) is 4.56. The van der Waals surface area contributed by atoms with Crippen molar-refractivity contribution in [2.75, 3.05) is 5.32 Å². The topological polar surface area (TPSA) is 39.0 Å². The molecule has 0 aliphatic carbocycles. The van der Waals surface area contributed by atoms with Crippen LogP contribution in [0.25, 0.3) is 11.5 Å². The van der Waals surface area contributed by atoms with Gasteiger partial charge in [-0.25, -0.2) is 0 Å². The molecule has 0 atom stereocenters. The lowest BCUT2D eigenvalue weighted by molar-refractivity contribution is -0.577. The average Bonchev–Trinajstić information content (AvgIpc) is 3.18. The van der Waals surface area contributed by atoms with E-state index >= 15 is 0 Å². The number of benzene rings is 1. The number of thiophene rings is 1. The SMILES string of the molecule is CCc1ccccc1NC(=S)C(=C([O-])c1cccs1)[n+]1ccccc1. The molecule has 3 rings (SSSR count). The van der Waals surface area contributed by atoms with Crippen molar-refractivity contribution in [2.45, 2.75) is 13.3 Å². The molecule has 2 heterocycles. The Morgan fingerprint density at radius 3 is 2.52 bits per heavy atom. The number of pyridine rings is 1. The molecule has 0 saturated heterocycles. The van der Waals surface area contributed by atoms with Gasteiger partial charge in [-0.15, -0.1) is 11.3 Å². The highest BCUT2D eigenvalue weighted by molar-refractivity contribution is 7.81. The van der Waals surface area contributed by atoms with Crippen LogP contribution in [0.4, 0.5) is 5.69 Å². The standard InChI is InChI=1S/C20H18N2OS2/c1-2-15-9-4-5-10-16(15)21-20(24)18(22-12-6-3-7-13-22)19(23)17-11-8-14-25-17/h3-14H,2H2,1H3,(H-,21,23,24). The first kappa shape index (κ1) is 17.3. The Balaban J connectivity index is 2.03. The quantitative estimate of drug-likeness (QED) is 0.324. The Labute approximate surface area is 156 Å². The molecule has 2 aromatic heterocycles. The van der Waals surface area contributed by atoms with Crippen LogP contribution in [0.15, 0.2) is 72.4 Å². The van der Waals surface area contributed by atoms with Gasteiger partial charge >= 0.3 is 0 Å². The maximum atomic E-state index is 13.0. The van der Waals surface area contributed by atoms with E-state index in [0.29, 0.717) is 15.6 Å². The summed E-state index contributed by atoms with van der Waals surface area (Å²) in [5.41, 5.74) is 2.54. The number of anilines is 1. The molecule has 0 spiro atoms. The van der Waals surface area contributed by atoms with Crippen molar-refractivity contribution >= 4 is 45.7 Å². The van der Waals surface area contributed by atoms with E-state index in [2.05, 4.69) is 18.3 Å². The second-order valence-corrected chi connectivity index (χ2v) is 6.76. The lowest BCUT2D eigenvalue weighted by Gasteiger charge is -2.16. The average molecular weight is 367 g/mol. The number of aryl methyl sites for hydroxylation is 1. The predicted octanol–water partition coefficient (Wildman–Crippen LogP) is 3.72. The van der Waals surface area contributed by atoms with Gasteiger partial charge < -0.3 is 10.4 Å². The molecule has 25 heavy (non-hydrogen) atoms. The maximum absolute atomic E-state index is 13.0. The number of hydrogen-bond donors (Lipinski definition) is 1. The molecular weight excluding hydrogens is 348 g/mol. The minimum Gasteiger partial charge on any atom is -0.867 e. The van der Waals surface area contributed by atoms with E-state index in [-0.39, 0.29) is 5.76 Å². The molecule has 0 saturated carbocycles. The van der Waals surface area contributed by atoms with Crippen molar-refractivity contribution in [3.63, 3.8) is 0 Å². The Morgan fingerprint density at radius 2 is 1.84 bits per heavy atom. The second-order valence-electron chi connectivity index (χ2n) is 5.40. The number of aromatic nitrogens is 1. The zero-order valence-corrected chi connectivity index (χ0v) is 15.4. The zero-order chi connectivity index (χ0) is 17.6. The molecule has 1 N–H and O–H groups in total. The fourth-order valence-corrected chi connectivity index (χ4v) is 3.51. The van der Waals surface area contributed by atoms with Crippen molar-refractivity contribution < 1.29 is 9.67 Å². The highest BCUT2D eigenvalue weighted by atomic mass is 32.1. The van der Waals surface area contributed by atoms with Crippen LogP contribution in [0.5, 0.6) is 0 Å². The first-order valence-electron chi connectivity index (χ1n) is 8.01. The van der Waals surface area contributed by atoms with Crippen LogP contribution in [0.2, 0.25) is 0 Å². The van der Waals surface area contributed by atoms with Gasteiger partial charge in [0.25, 0.3) is 0 Å². The molecule has 0 amide bonds. The van der Waals surface area contributed by atoms with Crippen LogP contribution in [0.3, 0.4) is 0 Å². The van der Waals surface area contributed by atoms with Gasteiger partial charge in [-0.1, -0.05) is 49.5 Å². The van der Waals surface area contributed by atoms with Gasteiger partial charge in [-0.3, -0.25) is 0 Å². The molecule has 3 aromatic rings. The molecule has 1 aromatic carbocycles. The summed E-state index contributed by atoms with van der Waals surface area (Å²) < 4.78 is 1.77. The number of thiocarbonyl (C=S) groups is 1. The number of para-hydroxylation sites is 1. The molecule has 0 aliphatic heterocycles. The van der Waals surface area contributed by atoms with Crippen molar-refractivity contribution in [3.8, 4) is 0 Å². The summed E-state index contributed by atoms with van der Waals surface area (Å²) >= 11 is 7.03. The van der Waals surface area contributed by atoms with Gasteiger partial charge in [0.1, 0.15) is 0 Å². The van der Waals surface area contributed by atoms with E-state index in [1.807, 2.05) is 66.3 Å². The maximum Gasteiger partial charge on any atom is 0.239 e. The van der Waals surface area contributed by atoms with Crippen LogP contribution in [-0.4, -0.2) is 4.99 Å². The number of nitrogens with one attached hydrogen (secondary N) is 1. The highest BCUT2D eigenvalue weighted by Gasteiger charge is 2.19. The number of nitrogens with zero attached hydrogens (tertiary/aromatic N) is 1. The molecule has 0 bridgehead atoms. The highest BCUT2D eigenvalue weighted by Crippen LogP contribution is 2.22. The third-order valence-electron chi connectivity index (χ3n) is 3.80. The lowest BCUT2D eigenvalue weighted by atomic mass is 10.1. The van der Waals surface area contributed by atoms with E-state index in [4.69, 9.17) is 12.2 Å². The molecule has 126 valence electrons. The minimum absolute atomic E-state index is 0.0855. The summed E-state index contributed by atoms with van der Waals surface area (Å²) in [7, 11) is 0. The van der Waals surface area contributed by atoms with Gasteiger partial charge in [0.15, 0.2) is 17.4 Å². The summed E-state index contributed by atoms with van der Waals surface area (Å²) in [6, 6.07) is 17.4.